The van der Waals surface area contributed by atoms with Crippen molar-refractivity contribution < 1.29 is 14.6 Å². The van der Waals surface area contributed by atoms with E-state index in [4.69, 9.17) is 4.74 Å². The molecule has 4 nitrogen and oxygen atoms in total. The maximum Gasteiger partial charge on any atom is 0.220 e. The Morgan fingerprint density at radius 2 is 1.96 bits per heavy atom. The van der Waals surface area contributed by atoms with Gasteiger partial charge in [-0.15, -0.1) is 0 Å². The van der Waals surface area contributed by atoms with Gasteiger partial charge in [-0.1, -0.05) is 46.8 Å². The molecule has 1 aliphatic rings. The highest BCUT2D eigenvalue weighted by Crippen LogP contribution is 2.58. The van der Waals surface area contributed by atoms with Gasteiger partial charge in [0.2, 0.25) is 5.91 Å². The normalized spacial score (nSPS) is 27.1. The van der Waals surface area contributed by atoms with E-state index in [-0.39, 0.29) is 5.91 Å². The maximum atomic E-state index is 12.3. The van der Waals surface area contributed by atoms with E-state index in [2.05, 4.69) is 0 Å². The molecule has 0 spiro atoms. The summed E-state index contributed by atoms with van der Waals surface area (Å²) in [5, 5.41) is 11.8. The minimum atomic E-state index is -1.06. The number of likely N-dealkylation sites (tertiary alicyclic amines) is 1. The van der Waals surface area contributed by atoms with Crippen LogP contribution in [0.3, 0.4) is 0 Å². The Morgan fingerprint density at radius 3 is 2.43 bits per heavy atom. The highest BCUT2D eigenvalue weighted by atomic mass is 16.5. The van der Waals surface area contributed by atoms with Crippen LogP contribution < -0.4 is 4.74 Å². The van der Waals surface area contributed by atoms with Crippen LogP contribution in [0.25, 0.3) is 0 Å². The van der Waals surface area contributed by atoms with Gasteiger partial charge in [-0.25, -0.2) is 0 Å². The van der Waals surface area contributed by atoms with Gasteiger partial charge in [0.25, 0.3) is 0 Å². The van der Waals surface area contributed by atoms with E-state index in [0.29, 0.717) is 6.54 Å². The standard InChI is InChI=1S/C19H29NO3/c1-13(21)20-12-18(5,6)19(22,17(2,3)4)16(20)14-9-8-10-15(11-14)23-7/h8-11,16,22H,12H2,1-7H3/t16-,19+/m0/s1. The third-order valence-corrected chi connectivity index (χ3v) is 5.26. The van der Waals surface area contributed by atoms with Crippen molar-refractivity contribution in [3.63, 3.8) is 0 Å². The van der Waals surface area contributed by atoms with E-state index >= 15 is 0 Å². The van der Waals surface area contributed by atoms with Gasteiger partial charge in [0, 0.05) is 18.9 Å². The lowest BCUT2D eigenvalue weighted by molar-refractivity contribution is -0.148. The first-order chi connectivity index (χ1) is 10.5. The van der Waals surface area contributed by atoms with Crippen LogP contribution in [0.4, 0.5) is 0 Å². The number of benzene rings is 1. The van der Waals surface area contributed by atoms with Gasteiger partial charge in [0.1, 0.15) is 11.4 Å². The van der Waals surface area contributed by atoms with Gasteiger partial charge in [-0.3, -0.25) is 4.79 Å². The van der Waals surface area contributed by atoms with E-state index in [9.17, 15) is 9.90 Å². The van der Waals surface area contributed by atoms with Crippen molar-refractivity contribution in [2.24, 2.45) is 10.8 Å². The van der Waals surface area contributed by atoms with Crippen molar-refractivity contribution in [2.75, 3.05) is 13.7 Å². The molecule has 23 heavy (non-hydrogen) atoms. The van der Waals surface area contributed by atoms with Gasteiger partial charge in [-0.05, 0) is 23.1 Å². The van der Waals surface area contributed by atoms with Crippen LogP contribution in [0.1, 0.15) is 53.1 Å². The van der Waals surface area contributed by atoms with Crippen LogP contribution in [0.5, 0.6) is 5.75 Å². The molecule has 1 aliphatic heterocycles. The van der Waals surface area contributed by atoms with Crippen molar-refractivity contribution in [2.45, 2.75) is 53.2 Å². The fourth-order valence-electron chi connectivity index (χ4n) is 4.18. The molecule has 0 saturated carbocycles. The molecule has 0 radical (unpaired) electrons. The molecule has 0 aromatic heterocycles. The van der Waals surface area contributed by atoms with Crippen molar-refractivity contribution >= 4 is 5.91 Å². The number of rotatable bonds is 2. The maximum absolute atomic E-state index is 12.3. The molecule has 1 aromatic rings. The zero-order valence-electron chi connectivity index (χ0n) is 15.3. The second kappa shape index (κ2) is 5.52. The highest BCUT2D eigenvalue weighted by molar-refractivity contribution is 5.75. The molecule has 2 rings (SSSR count). The zero-order chi connectivity index (χ0) is 17.6. The molecule has 1 heterocycles. The number of nitrogens with zero attached hydrogens (tertiary/aromatic N) is 1. The minimum absolute atomic E-state index is 0.0222. The Bertz CT molecular complexity index is 603. The first-order valence-corrected chi connectivity index (χ1v) is 8.09. The second-order valence-electron chi connectivity index (χ2n) is 8.23. The van der Waals surface area contributed by atoms with Crippen LogP contribution in [-0.4, -0.2) is 35.2 Å². The third kappa shape index (κ3) is 2.63. The van der Waals surface area contributed by atoms with E-state index in [1.807, 2.05) is 58.9 Å². The Hall–Kier alpha value is -1.55. The minimum Gasteiger partial charge on any atom is -0.497 e. The largest absolute Gasteiger partial charge is 0.497 e. The van der Waals surface area contributed by atoms with Gasteiger partial charge in [0.15, 0.2) is 0 Å². The average Bonchev–Trinajstić information content (AvgIpc) is 2.67. The molecule has 1 N–H and O–H groups in total. The summed E-state index contributed by atoms with van der Waals surface area (Å²) >= 11 is 0. The first kappa shape index (κ1) is 17.8. The number of hydrogen-bond acceptors (Lipinski definition) is 3. The van der Waals surface area contributed by atoms with Crippen LogP contribution in [0, 0.1) is 10.8 Å². The number of carbonyl (C=O) groups excluding carboxylic acids is 1. The average molecular weight is 319 g/mol. The van der Waals surface area contributed by atoms with E-state index in [1.165, 1.54) is 0 Å². The summed E-state index contributed by atoms with van der Waals surface area (Å²) in [5.41, 5.74) is -0.973. The summed E-state index contributed by atoms with van der Waals surface area (Å²) < 4.78 is 5.33. The predicted octanol–water partition coefficient (Wildman–Crippen LogP) is 3.40. The molecule has 0 bridgehead atoms. The molecule has 0 unspecified atom stereocenters. The van der Waals surface area contributed by atoms with Crippen molar-refractivity contribution in [3.8, 4) is 5.75 Å². The molecule has 1 amide bonds. The van der Waals surface area contributed by atoms with Crippen LogP contribution in [0.15, 0.2) is 24.3 Å². The van der Waals surface area contributed by atoms with Crippen molar-refractivity contribution in [1.29, 1.82) is 0 Å². The van der Waals surface area contributed by atoms with E-state index in [1.54, 1.807) is 18.9 Å². The number of hydrogen-bond donors (Lipinski definition) is 1. The Kier molecular flexibility index (Phi) is 4.27. The fourth-order valence-corrected chi connectivity index (χ4v) is 4.18. The molecule has 1 aromatic carbocycles. The highest BCUT2D eigenvalue weighted by Gasteiger charge is 2.64. The molecule has 4 heteroatoms. The molecule has 1 saturated heterocycles. The van der Waals surface area contributed by atoms with Crippen LogP contribution in [0.2, 0.25) is 0 Å². The number of ether oxygens (including phenoxy) is 1. The molecular formula is C19H29NO3. The lowest BCUT2D eigenvalue weighted by atomic mass is 9.60. The Labute approximate surface area is 139 Å². The molecule has 0 aliphatic carbocycles. The number of amides is 1. The SMILES string of the molecule is COc1cccc([C@@H]2N(C(C)=O)CC(C)(C)[C@]2(O)C(C)(C)C)c1. The van der Waals surface area contributed by atoms with Crippen LogP contribution in [-0.2, 0) is 4.79 Å². The molecule has 1 fully saturated rings. The van der Waals surface area contributed by atoms with Gasteiger partial charge >= 0.3 is 0 Å². The fraction of sp³-hybridized carbons (Fsp3) is 0.632. The Balaban J connectivity index is 2.68. The second-order valence-corrected chi connectivity index (χ2v) is 8.23. The summed E-state index contributed by atoms with van der Waals surface area (Å²) in [5.74, 6) is 0.707. The number of carbonyl (C=O) groups is 1. The lowest BCUT2D eigenvalue weighted by Gasteiger charge is -2.49. The molecular weight excluding hydrogens is 290 g/mol. The van der Waals surface area contributed by atoms with Crippen LogP contribution >= 0.6 is 0 Å². The van der Waals surface area contributed by atoms with Gasteiger partial charge in [0.05, 0.1) is 13.2 Å². The lowest BCUT2D eigenvalue weighted by Crippen LogP contribution is -2.55. The van der Waals surface area contributed by atoms with E-state index < -0.39 is 22.5 Å². The summed E-state index contributed by atoms with van der Waals surface area (Å²) in [4.78, 5) is 14.1. The van der Waals surface area contributed by atoms with Crippen molar-refractivity contribution in [1.82, 2.24) is 4.90 Å². The summed E-state index contributed by atoms with van der Waals surface area (Å²) in [6, 6.07) is 7.25. The molecule has 2 atom stereocenters. The first-order valence-electron chi connectivity index (χ1n) is 8.09. The zero-order valence-corrected chi connectivity index (χ0v) is 15.3. The third-order valence-electron chi connectivity index (χ3n) is 5.26. The topological polar surface area (TPSA) is 49.8 Å². The summed E-state index contributed by atoms with van der Waals surface area (Å²) in [6.45, 7) is 12.3. The Morgan fingerprint density at radius 1 is 1.35 bits per heavy atom. The quantitative estimate of drug-likeness (QED) is 0.909. The number of methoxy groups -OCH3 is 1. The summed E-state index contributed by atoms with van der Waals surface area (Å²) in [7, 11) is 1.62. The van der Waals surface area contributed by atoms with E-state index in [0.717, 1.165) is 11.3 Å². The van der Waals surface area contributed by atoms with Crippen molar-refractivity contribution in [3.05, 3.63) is 29.8 Å². The van der Waals surface area contributed by atoms with Gasteiger partial charge in [-0.2, -0.15) is 0 Å². The molecule has 128 valence electrons. The smallest absolute Gasteiger partial charge is 0.220 e. The number of aliphatic hydroxyl groups is 1. The predicted molar refractivity (Wildman–Crippen MR) is 91.3 cm³/mol. The summed E-state index contributed by atoms with van der Waals surface area (Å²) in [6.07, 6.45) is 0. The van der Waals surface area contributed by atoms with Gasteiger partial charge < -0.3 is 14.7 Å². The monoisotopic (exact) mass is 319 g/mol.